The molecule has 1 aliphatic heterocycles. The van der Waals surface area contributed by atoms with Gasteiger partial charge in [-0.2, -0.15) is 0 Å². The molecule has 0 amide bonds. The first kappa shape index (κ1) is 12.0. The van der Waals surface area contributed by atoms with E-state index in [1.54, 1.807) is 0 Å². The summed E-state index contributed by atoms with van der Waals surface area (Å²) in [4.78, 5) is 8.91. The summed E-state index contributed by atoms with van der Waals surface area (Å²) in [6, 6.07) is 4.08. The van der Waals surface area contributed by atoms with Crippen molar-refractivity contribution in [3.05, 3.63) is 42.2 Å². The Labute approximate surface area is 104 Å². The number of aliphatic imine (C=N–C) groups is 1. The summed E-state index contributed by atoms with van der Waals surface area (Å²) in [7, 11) is 0. The summed E-state index contributed by atoms with van der Waals surface area (Å²) in [6.07, 6.45) is 12.7. The largest absolute Gasteiger partial charge is 0.279 e. The van der Waals surface area contributed by atoms with Gasteiger partial charge in [0.05, 0.1) is 5.54 Å². The SMILES string of the molecule is CCC/C=C/C1(C)CCC(c2ccncc2)=N1. The van der Waals surface area contributed by atoms with Gasteiger partial charge in [-0.3, -0.25) is 9.98 Å². The predicted octanol–water partition coefficient (Wildman–Crippen LogP) is 3.78. The van der Waals surface area contributed by atoms with Crippen LogP contribution < -0.4 is 0 Å². The maximum absolute atomic E-state index is 4.86. The van der Waals surface area contributed by atoms with Gasteiger partial charge in [0.25, 0.3) is 0 Å². The molecule has 1 atom stereocenters. The van der Waals surface area contributed by atoms with Crippen molar-refractivity contribution in [2.75, 3.05) is 0 Å². The lowest BCUT2D eigenvalue weighted by Crippen LogP contribution is -2.13. The molecule has 0 aromatic carbocycles. The molecule has 0 N–H and O–H groups in total. The Balaban J connectivity index is 2.13. The fourth-order valence-electron chi connectivity index (χ4n) is 2.17. The highest BCUT2D eigenvalue weighted by Crippen LogP contribution is 2.29. The summed E-state index contributed by atoms with van der Waals surface area (Å²) in [5, 5.41) is 0. The van der Waals surface area contributed by atoms with Crippen LogP contribution in [0.5, 0.6) is 0 Å². The highest BCUT2D eigenvalue weighted by molar-refractivity contribution is 6.02. The van der Waals surface area contributed by atoms with Crippen LogP contribution in [0.15, 0.2) is 41.7 Å². The van der Waals surface area contributed by atoms with E-state index in [2.05, 4.69) is 31.0 Å². The second-order valence-corrected chi connectivity index (χ2v) is 4.84. The molecule has 0 bridgehead atoms. The van der Waals surface area contributed by atoms with E-state index in [-0.39, 0.29) is 5.54 Å². The minimum atomic E-state index is 0.00771. The molecule has 90 valence electrons. The van der Waals surface area contributed by atoms with Crippen molar-refractivity contribution in [1.29, 1.82) is 0 Å². The third-order valence-corrected chi connectivity index (χ3v) is 3.20. The lowest BCUT2D eigenvalue weighted by atomic mass is 9.98. The number of hydrogen-bond acceptors (Lipinski definition) is 2. The molecule has 0 fully saturated rings. The number of pyridine rings is 1. The molecule has 1 aromatic rings. The molecular weight excluding hydrogens is 208 g/mol. The Bertz CT molecular complexity index is 420. The van der Waals surface area contributed by atoms with Crippen molar-refractivity contribution >= 4 is 5.71 Å². The van der Waals surface area contributed by atoms with Crippen molar-refractivity contribution in [2.24, 2.45) is 4.99 Å². The van der Waals surface area contributed by atoms with Crippen LogP contribution in [0.4, 0.5) is 0 Å². The average Bonchev–Trinajstić information content (AvgIpc) is 2.74. The average molecular weight is 228 g/mol. The maximum Gasteiger partial charge on any atom is 0.0766 e. The van der Waals surface area contributed by atoms with Gasteiger partial charge in [-0.05, 0) is 43.9 Å². The van der Waals surface area contributed by atoms with Gasteiger partial charge < -0.3 is 0 Å². The predicted molar refractivity (Wildman–Crippen MR) is 72.5 cm³/mol. The number of rotatable bonds is 4. The van der Waals surface area contributed by atoms with E-state index in [0.717, 1.165) is 19.3 Å². The molecule has 2 rings (SSSR count). The molecule has 1 aliphatic rings. The standard InChI is InChI=1S/C15H20N2/c1-3-4-5-9-15(2)10-6-14(17-15)13-7-11-16-12-8-13/h5,7-9,11-12H,3-4,6,10H2,1-2H3/b9-5+. The van der Waals surface area contributed by atoms with Crippen LogP contribution in [0.3, 0.4) is 0 Å². The summed E-state index contributed by atoms with van der Waals surface area (Å²) in [5.74, 6) is 0. The van der Waals surface area contributed by atoms with Gasteiger partial charge in [-0.15, -0.1) is 0 Å². The van der Waals surface area contributed by atoms with Crippen LogP contribution in [0.1, 0.15) is 45.1 Å². The fourth-order valence-corrected chi connectivity index (χ4v) is 2.17. The molecule has 0 radical (unpaired) electrons. The molecule has 1 unspecified atom stereocenters. The van der Waals surface area contributed by atoms with Crippen molar-refractivity contribution in [3.63, 3.8) is 0 Å². The third kappa shape index (κ3) is 3.02. The smallest absolute Gasteiger partial charge is 0.0766 e. The van der Waals surface area contributed by atoms with Crippen LogP contribution >= 0.6 is 0 Å². The van der Waals surface area contributed by atoms with Gasteiger partial charge in [-0.1, -0.05) is 25.5 Å². The van der Waals surface area contributed by atoms with Gasteiger partial charge in [0.1, 0.15) is 0 Å². The Morgan fingerprint density at radius 1 is 1.35 bits per heavy atom. The monoisotopic (exact) mass is 228 g/mol. The first-order valence-corrected chi connectivity index (χ1v) is 6.40. The lowest BCUT2D eigenvalue weighted by Gasteiger charge is -2.14. The Kier molecular flexibility index (Phi) is 3.72. The summed E-state index contributed by atoms with van der Waals surface area (Å²) >= 11 is 0. The first-order valence-electron chi connectivity index (χ1n) is 6.40. The zero-order valence-corrected chi connectivity index (χ0v) is 10.7. The zero-order chi connectivity index (χ0) is 12.1. The molecule has 2 heteroatoms. The number of allylic oxidation sites excluding steroid dienone is 1. The lowest BCUT2D eigenvalue weighted by molar-refractivity contribution is 0.584. The molecule has 0 saturated heterocycles. The maximum atomic E-state index is 4.86. The van der Waals surface area contributed by atoms with Gasteiger partial charge >= 0.3 is 0 Å². The van der Waals surface area contributed by atoms with Crippen LogP contribution in [0.2, 0.25) is 0 Å². The third-order valence-electron chi connectivity index (χ3n) is 3.20. The Morgan fingerprint density at radius 2 is 2.12 bits per heavy atom. The zero-order valence-electron chi connectivity index (χ0n) is 10.7. The molecule has 1 aromatic heterocycles. The van der Waals surface area contributed by atoms with Gasteiger partial charge in [0.15, 0.2) is 0 Å². The van der Waals surface area contributed by atoms with Crippen molar-refractivity contribution < 1.29 is 0 Å². The van der Waals surface area contributed by atoms with E-state index >= 15 is 0 Å². The van der Waals surface area contributed by atoms with Crippen LogP contribution in [0, 0.1) is 0 Å². The fraction of sp³-hybridized carbons (Fsp3) is 0.467. The Morgan fingerprint density at radius 3 is 2.82 bits per heavy atom. The van der Waals surface area contributed by atoms with Crippen molar-refractivity contribution in [3.8, 4) is 0 Å². The summed E-state index contributed by atoms with van der Waals surface area (Å²) in [5.41, 5.74) is 2.44. The highest BCUT2D eigenvalue weighted by Gasteiger charge is 2.27. The van der Waals surface area contributed by atoms with E-state index < -0.39 is 0 Å². The highest BCUT2D eigenvalue weighted by atomic mass is 14.9. The van der Waals surface area contributed by atoms with Gasteiger partial charge in [-0.25, -0.2) is 0 Å². The number of unbranched alkanes of at least 4 members (excludes halogenated alkanes) is 1. The van der Waals surface area contributed by atoms with Crippen LogP contribution in [0.25, 0.3) is 0 Å². The van der Waals surface area contributed by atoms with Crippen LogP contribution in [-0.4, -0.2) is 16.2 Å². The second-order valence-electron chi connectivity index (χ2n) is 4.84. The van der Waals surface area contributed by atoms with Crippen LogP contribution in [-0.2, 0) is 0 Å². The topological polar surface area (TPSA) is 25.2 Å². The summed E-state index contributed by atoms with van der Waals surface area (Å²) in [6.45, 7) is 4.42. The minimum absolute atomic E-state index is 0.00771. The number of hydrogen-bond donors (Lipinski definition) is 0. The van der Waals surface area contributed by atoms with Crippen molar-refractivity contribution in [1.82, 2.24) is 4.98 Å². The molecule has 0 aliphatic carbocycles. The Hall–Kier alpha value is -1.44. The molecule has 17 heavy (non-hydrogen) atoms. The molecular formula is C15H20N2. The minimum Gasteiger partial charge on any atom is -0.279 e. The summed E-state index contributed by atoms with van der Waals surface area (Å²) < 4.78 is 0. The molecule has 2 heterocycles. The quantitative estimate of drug-likeness (QED) is 0.720. The molecule has 0 spiro atoms. The first-order chi connectivity index (χ1) is 8.23. The van der Waals surface area contributed by atoms with E-state index in [4.69, 9.17) is 4.99 Å². The van der Waals surface area contributed by atoms with Gasteiger partial charge in [0.2, 0.25) is 0 Å². The molecule has 2 nitrogen and oxygen atoms in total. The van der Waals surface area contributed by atoms with E-state index in [9.17, 15) is 0 Å². The van der Waals surface area contributed by atoms with Gasteiger partial charge in [0, 0.05) is 18.1 Å². The molecule has 0 saturated carbocycles. The van der Waals surface area contributed by atoms with Crippen molar-refractivity contribution in [2.45, 2.75) is 45.1 Å². The van der Waals surface area contributed by atoms with E-state index in [0.29, 0.717) is 0 Å². The number of nitrogens with zero attached hydrogens (tertiary/aromatic N) is 2. The second kappa shape index (κ2) is 5.26. The number of aromatic nitrogens is 1. The van der Waals surface area contributed by atoms with E-state index in [1.807, 2.05) is 24.5 Å². The van der Waals surface area contributed by atoms with E-state index in [1.165, 1.54) is 17.7 Å². The normalized spacial score (nSPS) is 24.2.